The Balaban J connectivity index is 2.11. The number of amides is 1. The molecule has 1 aromatic heterocycles. The van der Waals surface area contributed by atoms with Crippen molar-refractivity contribution in [1.29, 1.82) is 0 Å². The van der Waals surface area contributed by atoms with E-state index in [1.165, 1.54) is 0 Å². The van der Waals surface area contributed by atoms with Crippen molar-refractivity contribution in [2.45, 2.75) is 32.9 Å². The molecule has 0 aromatic carbocycles. The van der Waals surface area contributed by atoms with Crippen LogP contribution in [0.5, 0.6) is 0 Å². The quantitative estimate of drug-likeness (QED) is 0.704. The average molecular weight is 224 g/mol. The molecule has 1 atom stereocenters. The summed E-state index contributed by atoms with van der Waals surface area (Å²) in [4.78, 5) is 11.2. The van der Waals surface area contributed by atoms with Crippen LogP contribution in [0.1, 0.15) is 20.3 Å². The number of carbonyl (C=O) groups excluding carboxylic acids is 1. The smallest absolute Gasteiger partial charge is 0.221 e. The molecule has 5 heteroatoms. The summed E-state index contributed by atoms with van der Waals surface area (Å²) >= 11 is 0. The first-order chi connectivity index (χ1) is 7.72. The Morgan fingerprint density at radius 2 is 2.38 bits per heavy atom. The Bertz CT molecular complexity index is 297. The summed E-state index contributed by atoms with van der Waals surface area (Å²) in [6.45, 7) is 6.23. The molecule has 1 aromatic rings. The van der Waals surface area contributed by atoms with E-state index >= 15 is 0 Å². The van der Waals surface area contributed by atoms with Gasteiger partial charge in [0.1, 0.15) is 0 Å². The van der Waals surface area contributed by atoms with Gasteiger partial charge in [-0.25, -0.2) is 0 Å². The fourth-order valence-corrected chi connectivity index (χ4v) is 1.47. The fraction of sp³-hybridized carbons (Fsp3) is 0.636. The van der Waals surface area contributed by atoms with Gasteiger partial charge in [0.15, 0.2) is 0 Å². The van der Waals surface area contributed by atoms with Crippen molar-refractivity contribution in [3.8, 4) is 0 Å². The summed E-state index contributed by atoms with van der Waals surface area (Å²) in [6.07, 6.45) is 4.22. The number of aromatic nitrogens is 2. The molecular weight excluding hydrogens is 204 g/mol. The first-order valence-electron chi connectivity index (χ1n) is 5.70. The Morgan fingerprint density at radius 1 is 1.56 bits per heavy atom. The summed E-state index contributed by atoms with van der Waals surface area (Å²) in [5.74, 6) is 0.0984. The summed E-state index contributed by atoms with van der Waals surface area (Å²) < 4.78 is 1.88. The molecule has 1 rings (SSSR count). The maximum atomic E-state index is 11.2. The van der Waals surface area contributed by atoms with E-state index in [2.05, 4.69) is 22.7 Å². The van der Waals surface area contributed by atoms with Crippen molar-refractivity contribution < 1.29 is 4.79 Å². The van der Waals surface area contributed by atoms with E-state index in [1.807, 2.05) is 23.9 Å². The molecule has 0 aliphatic rings. The van der Waals surface area contributed by atoms with Crippen LogP contribution in [-0.2, 0) is 11.3 Å². The van der Waals surface area contributed by atoms with E-state index in [1.54, 1.807) is 6.20 Å². The number of nitrogens with zero attached hydrogens (tertiary/aromatic N) is 2. The molecule has 0 spiro atoms. The Kier molecular flexibility index (Phi) is 5.56. The molecular formula is C11H20N4O. The number of carbonyl (C=O) groups is 1. The molecule has 2 N–H and O–H groups in total. The lowest BCUT2D eigenvalue weighted by Gasteiger charge is -2.13. The van der Waals surface area contributed by atoms with Gasteiger partial charge in [0.2, 0.25) is 5.91 Å². The molecule has 0 aliphatic carbocycles. The molecule has 0 saturated carbocycles. The van der Waals surface area contributed by atoms with Gasteiger partial charge in [0.25, 0.3) is 0 Å². The highest BCUT2D eigenvalue weighted by Gasteiger charge is 2.04. The second-order valence-electron chi connectivity index (χ2n) is 3.79. The van der Waals surface area contributed by atoms with Crippen LogP contribution in [0.3, 0.4) is 0 Å². The minimum Gasteiger partial charge on any atom is -0.356 e. The summed E-state index contributed by atoms with van der Waals surface area (Å²) in [5, 5.41) is 10.2. The third-order valence-corrected chi connectivity index (χ3v) is 2.24. The topological polar surface area (TPSA) is 59.0 Å². The molecule has 5 nitrogen and oxygen atoms in total. The second-order valence-corrected chi connectivity index (χ2v) is 3.79. The lowest BCUT2D eigenvalue weighted by atomic mass is 10.3. The summed E-state index contributed by atoms with van der Waals surface area (Å²) in [6, 6.07) is 2.22. The van der Waals surface area contributed by atoms with E-state index in [-0.39, 0.29) is 5.91 Å². The zero-order valence-electron chi connectivity index (χ0n) is 9.94. The molecule has 1 heterocycles. The van der Waals surface area contributed by atoms with E-state index in [4.69, 9.17) is 0 Å². The van der Waals surface area contributed by atoms with Crippen molar-refractivity contribution in [2.75, 3.05) is 13.1 Å². The van der Waals surface area contributed by atoms with Gasteiger partial charge in [-0.15, -0.1) is 0 Å². The van der Waals surface area contributed by atoms with Crippen LogP contribution < -0.4 is 10.6 Å². The molecule has 0 saturated heterocycles. The highest BCUT2D eigenvalue weighted by molar-refractivity contribution is 5.75. The molecule has 0 radical (unpaired) electrons. The van der Waals surface area contributed by atoms with Crippen LogP contribution >= 0.6 is 0 Å². The highest BCUT2D eigenvalue weighted by Crippen LogP contribution is 1.90. The van der Waals surface area contributed by atoms with Crippen LogP contribution in [0.2, 0.25) is 0 Å². The monoisotopic (exact) mass is 224 g/mol. The van der Waals surface area contributed by atoms with Gasteiger partial charge in [0.05, 0.1) is 6.54 Å². The van der Waals surface area contributed by atoms with Gasteiger partial charge in [-0.05, 0) is 19.9 Å². The van der Waals surface area contributed by atoms with E-state index in [9.17, 15) is 4.79 Å². The van der Waals surface area contributed by atoms with Crippen LogP contribution in [-0.4, -0.2) is 34.8 Å². The predicted molar refractivity (Wildman–Crippen MR) is 63.0 cm³/mol. The van der Waals surface area contributed by atoms with Gasteiger partial charge in [0, 0.05) is 37.9 Å². The van der Waals surface area contributed by atoms with E-state index < -0.39 is 0 Å². The zero-order valence-corrected chi connectivity index (χ0v) is 9.94. The van der Waals surface area contributed by atoms with Crippen molar-refractivity contribution in [3.63, 3.8) is 0 Å². The number of hydrogen-bond donors (Lipinski definition) is 2. The third-order valence-electron chi connectivity index (χ3n) is 2.24. The third kappa shape index (κ3) is 4.93. The van der Waals surface area contributed by atoms with Gasteiger partial charge in [-0.1, -0.05) is 0 Å². The predicted octanol–water partition coefficient (Wildman–Crippen LogP) is 0.387. The van der Waals surface area contributed by atoms with E-state index in [0.29, 0.717) is 25.6 Å². The lowest BCUT2D eigenvalue weighted by molar-refractivity contribution is -0.120. The molecule has 0 aliphatic heterocycles. The maximum Gasteiger partial charge on any atom is 0.221 e. The SMILES string of the molecule is CCNC(=O)CCN[C@H](C)Cn1cccn1. The Hall–Kier alpha value is -1.36. The first kappa shape index (κ1) is 12.7. The first-order valence-corrected chi connectivity index (χ1v) is 5.70. The number of hydrogen-bond acceptors (Lipinski definition) is 3. The lowest BCUT2D eigenvalue weighted by Crippen LogP contribution is -2.34. The molecule has 90 valence electrons. The Morgan fingerprint density at radius 3 is 3.00 bits per heavy atom. The van der Waals surface area contributed by atoms with Crippen molar-refractivity contribution in [3.05, 3.63) is 18.5 Å². The normalized spacial score (nSPS) is 12.4. The fourth-order valence-electron chi connectivity index (χ4n) is 1.47. The van der Waals surface area contributed by atoms with Crippen LogP contribution in [0.15, 0.2) is 18.5 Å². The summed E-state index contributed by atoms with van der Waals surface area (Å²) in [5.41, 5.74) is 0. The van der Waals surface area contributed by atoms with Gasteiger partial charge >= 0.3 is 0 Å². The molecule has 1 amide bonds. The zero-order chi connectivity index (χ0) is 11.8. The minimum atomic E-state index is 0.0984. The largest absolute Gasteiger partial charge is 0.356 e. The van der Waals surface area contributed by atoms with Crippen LogP contribution in [0, 0.1) is 0 Å². The van der Waals surface area contributed by atoms with Crippen LogP contribution in [0.4, 0.5) is 0 Å². The van der Waals surface area contributed by atoms with Gasteiger partial charge in [-0.2, -0.15) is 5.10 Å². The maximum absolute atomic E-state index is 11.2. The highest BCUT2D eigenvalue weighted by atomic mass is 16.1. The second kappa shape index (κ2) is 7.00. The Labute approximate surface area is 96.2 Å². The van der Waals surface area contributed by atoms with Crippen molar-refractivity contribution in [2.24, 2.45) is 0 Å². The van der Waals surface area contributed by atoms with Crippen LogP contribution in [0.25, 0.3) is 0 Å². The number of rotatable bonds is 7. The summed E-state index contributed by atoms with van der Waals surface area (Å²) in [7, 11) is 0. The number of nitrogens with one attached hydrogen (secondary N) is 2. The average Bonchev–Trinajstić information content (AvgIpc) is 2.70. The molecule has 16 heavy (non-hydrogen) atoms. The van der Waals surface area contributed by atoms with Crippen molar-refractivity contribution >= 4 is 5.91 Å². The van der Waals surface area contributed by atoms with Gasteiger partial charge < -0.3 is 10.6 Å². The molecule has 0 fully saturated rings. The standard InChI is InChI=1S/C11H20N4O/c1-3-12-11(16)5-7-13-10(2)9-15-8-4-6-14-15/h4,6,8,10,13H,3,5,7,9H2,1-2H3,(H,12,16)/t10-/m1/s1. The van der Waals surface area contributed by atoms with Gasteiger partial charge in [-0.3, -0.25) is 9.48 Å². The van der Waals surface area contributed by atoms with Crippen molar-refractivity contribution in [1.82, 2.24) is 20.4 Å². The molecule has 0 unspecified atom stereocenters. The molecule has 0 bridgehead atoms. The minimum absolute atomic E-state index is 0.0984. The van der Waals surface area contributed by atoms with E-state index in [0.717, 1.165) is 6.54 Å².